The summed E-state index contributed by atoms with van der Waals surface area (Å²) in [6.45, 7) is 4.24. The molecule has 0 aliphatic heterocycles. The Morgan fingerprint density at radius 2 is 2.00 bits per heavy atom. The monoisotopic (exact) mass is 301 g/mol. The Hall–Kier alpha value is -0.710. The van der Waals surface area contributed by atoms with E-state index >= 15 is 0 Å². The molecule has 0 aliphatic carbocycles. The number of benzene rings is 1. The third-order valence-corrected chi connectivity index (χ3v) is 3.96. The minimum atomic E-state index is -0.308. The van der Waals surface area contributed by atoms with E-state index in [1.807, 2.05) is 31.2 Å². The van der Waals surface area contributed by atoms with Crippen molar-refractivity contribution in [1.82, 2.24) is 5.32 Å². The predicted molar refractivity (Wildman–Crippen MR) is 80.7 cm³/mol. The van der Waals surface area contributed by atoms with E-state index in [4.69, 9.17) is 16.7 Å². The lowest BCUT2D eigenvalue weighted by molar-refractivity contribution is -0.120. The largest absolute Gasteiger partial charge is 0.393 e. The van der Waals surface area contributed by atoms with E-state index in [-0.39, 0.29) is 17.3 Å². The number of carbonyl (C=O) groups excluding carboxylic acids is 1. The van der Waals surface area contributed by atoms with Crippen LogP contribution in [-0.4, -0.2) is 28.9 Å². The van der Waals surface area contributed by atoms with Gasteiger partial charge in [-0.05, 0) is 51.0 Å². The average molecular weight is 302 g/mol. The Morgan fingerprint density at radius 3 is 2.58 bits per heavy atom. The van der Waals surface area contributed by atoms with Gasteiger partial charge in [-0.15, -0.1) is 11.8 Å². The Kier molecular flexibility index (Phi) is 7.28. The van der Waals surface area contributed by atoms with Gasteiger partial charge in [0.05, 0.1) is 11.4 Å². The first-order valence-corrected chi connectivity index (χ1v) is 7.63. The van der Waals surface area contributed by atoms with Crippen LogP contribution in [0.15, 0.2) is 29.2 Å². The molecule has 3 nitrogen and oxygen atoms in total. The van der Waals surface area contributed by atoms with Crippen molar-refractivity contribution in [2.75, 3.05) is 6.54 Å². The zero-order valence-corrected chi connectivity index (χ0v) is 12.8. The smallest absolute Gasteiger partial charge is 0.233 e. The van der Waals surface area contributed by atoms with E-state index in [9.17, 15) is 4.79 Å². The van der Waals surface area contributed by atoms with Crippen molar-refractivity contribution < 1.29 is 9.90 Å². The van der Waals surface area contributed by atoms with Crippen molar-refractivity contribution >= 4 is 29.3 Å². The van der Waals surface area contributed by atoms with Crippen LogP contribution in [0.2, 0.25) is 5.02 Å². The number of hydrogen-bond donors (Lipinski definition) is 2. The fourth-order valence-electron chi connectivity index (χ4n) is 1.52. The molecule has 2 N–H and O–H groups in total. The van der Waals surface area contributed by atoms with Gasteiger partial charge in [-0.2, -0.15) is 0 Å². The molecule has 0 saturated heterocycles. The zero-order valence-electron chi connectivity index (χ0n) is 11.2. The molecule has 0 heterocycles. The lowest BCUT2D eigenvalue weighted by Crippen LogP contribution is -2.31. The topological polar surface area (TPSA) is 49.3 Å². The van der Waals surface area contributed by atoms with Gasteiger partial charge in [0.2, 0.25) is 5.91 Å². The fraction of sp³-hybridized carbons (Fsp3) is 0.500. The third-order valence-electron chi connectivity index (χ3n) is 2.59. The van der Waals surface area contributed by atoms with Crippen LogP contribution in [0.5, 0.6) is 0 Å². The minimum Gasteiger partial charge on any atom is -0.393 e. The van der Waals surface area contributed by atoms with E-state index in [1.54, 1.807) is 6.92 Å². The van der Waals surface area contributed by atoms with Crippen molar-refractivity contribution in [2.24, 2.45) is 0 Å². The minimum absolute atomic E-state index is 0.0190. The van der Waals surface area contributed by atoms with Gasteiger partial charge in [0.15, 0.2) is 0 Å². The number of thioether (sulfide) groups is 1. The van der Waals surface area contributed by atoms with Crippen molar-refractivity contribution in [3.8, 4) is 0 Å². The number of halogens is 1. The van der Waals surface area contributed by atoms with Gasteiger partial charge >= 0.3 is 0 Å². The second kappa shape index (κ2) is 8.46. The lowest BCUT2D eigenvalue weighted by Gasteiger charge is -2.12. The van der Waals surface area contributed by atoms with Crippen LogP contribution in [0.1, 0.15) is 26.7 Å². The Balaban J connectivity index is 2.30. The van der Waals surface area contributed by atoms with E-state index < -0.39 is 0 Å². The van der Waals surface area contributed by atoms with Gasteiger partial charge in [-0.25, -0.2) is 0 Å². The predicted octanol–water partition coefficient (Wildman–Crippen LogP) is 3.10. The second-order valence-electron chi connectivity index (χ2n) is 4.50. The van der Waals surface area contributed by atoms with Crippen LogP contribution < -0.4 is 5.32 Å². The quantitative estimate of drug-likeness (QED) is 0.601. The maximum atomic E-state index is 11.8. The van der Waals surface area contributed by atoms with Gasteiger partial charge in [0.1, 0.15) is 0 Å². The van der Waals surface area contributed by atoms with Crippen LogP contribution in [0.25, 0.3) is 0 Å². The molecular formula is C14H20ClNO2S. The normalized spacial score (nSPS) is 13.9. The summed E-state index contributed by atoms with van der Waals surface area (Å²) in [7, 11) is 0. The molecule has 0 aromatic heterocycles. The summed E-state index contributed by atoms with van der Waals surface area (Å²) >= 11 is 7.32. The van der Waals surface area contributed by atoms with Crippen molar-refractivity contribution in [3.05, 3.63) is 29.3 Å². The van der Waals surface area contributed by atoms with Crippen LogP contribution in [0.4, 0.5) is 0 Å². The highest BCUT2D eigenvalue weighted by molar-refractivity contribution is 8.00. The van der Waals surface area contributed by atoms with Gasteiger partial charge in [0.25, 0.3) is 0 Å². The summed E-state index contributed by atoms with van der Waals surface area (Å²) in [5.74, 6) is 0.0190. The van der Waals surface area contributed by atoms with Gasteiger partial charge in [-0.3, -0.25) is 4.79 Å². The molecule has 0 fully saturated rings. The highest BCUT2D eigenvalue weighted by Crippen LogP contribution is 2.24. The highest BCUT2D eigenvalue weighted by Gasteiger charge is 2.13. The van der Waals surface area contributed by atoms with Gasteiger partial charge < -0.3 is 10.4 Å². The van der Waals surface area contributed by atoms with Crippen LogP contribution in [0, 0.1) is 0 Å². The summed E-state index contributed by atoms with van der Waals surface area (Å²) in [5, 5.41) is 12.5. The van der Waals surface area contributed by atoms with Gasteiger partial charge in [-0.1, -0.05) is 11.6 Å². The summed E-state index contributed by atoms with van der Waals surface area (Å²) in [6, 6.07) is 7.45. The molecule has 0 radical (unpaired) electrons. The Labute approximate surface area is 123 Å². The van der Waals surface area contributed by atoms with Crippen LogP contribution >= 0.6 is 23.4 Å². The molecule has 19 heavy (non-hydrogen) atoms. The summed E-state index contributed by atoms with van der Waals surface area (Å²) in [6.07, 6.45) is 1.19. The highest BCUT2D eigenvalue weighted by atomic mass is 35.5. The lowest BCUT2D eigenvalue weighted by atomic mass is 10.2. The van der Waals surface area contributed by atoms with E-state index in [2.05, 4.69) is 5.32 Å². The fourth-order valence-corrected chi connectivity index (χ4v) is 2.54. The number of nitrogens with one attached hydrogen (secondary N) is 1. The third kappa shape index (κ3) is 6.85. The molecule has 1 aromatic rings. The molecule has 106 valence electrons. The van der Waals surface area contributed by atoms with Crippen molar-refractivity contribution in [1.29, 1.82) is 0 Å². The zero-order chi connectivity index (χ0) is 14.3. The molecule has 1 amide bonds. The molecule has 5 heteroatoms. The first kappa shape index (κ1) is 16.3. The number of rotatable bonds is 7. The van der Waals surface area contributed by atoms with Gasteiger partial charge in [0, 0.05) is 16.5 Å². The standard InChI is InChI=1S/C14H20ClNO2S/c1-10(17)4-3-9-16-14(18)11(2)19-13-7-5-12(15)6-8-13/h5-8,10-11,17H,3-4,9H2,1-2H3,(H,16,18). The number of hydrogen-bond acceptors (Lipinski definition) is 3. The van der Waals surface area contributed by atoms with E-state index in [1.165, 1.54) is 11.8 Å². The number of amides is 1. The Bertz CT molecular complexity index is 395. The molecule has 2 atom stereocenters. The molecule has 1 aromatic carbocycles. The SMILES string of the molecule is CC(O)CCCNC(=O)C(C)Sc1ccc(Cl)cc1. The molecule has 0 bridgehead atoms. The molecule has 0 aliphatic rings. The van der Waals surface area contributed by atoms with Crippen LogP contribution in [-0.2, 0) is 4.79 Å². The van der Waals surface area contributed by atoms with Crippen molar-refractivity contribution in [3.63, 3.8) is 0 Å². The maximum Gasteiger partial charge on any atom is 0.233 e. The number of aliphatic hydroxyl groups is 1. The van der Waals surface area contributed by atoms with E-state index in [0.29, 0.717) is 18.0 Å². The molecular weight excluding hydrogens is 282 g/mol. The second-order valence-corrected chi connectivity index (χ2v) is 6.35. The average Bonchev–Trinajstić information content (AvgIpc) is 2.36. The molecule has 1 rings (SSSR count). The van der Waals surface area contributed by atoms with E-state index in [0.717, 1.165) is 11.3 Å². The maximum absolute atomic E-state index is 11.8. The molecule has 2 unspecified atom stereocenters. The van der Waals surface area contributed by atoms with Crippen LogP contribution in [0.3, 0.4) is 0 Å². The van der Waals surface area contributed by atoms with Crippen molar-refractivity contribution in [2.45, 2.75) is 42.9 Å². The first-order chi connectivity index (χ1) is 8.99. The first-order valence-electron chi connectivity index (χ1n) is 6.37. The molecule has 0 spiro atoms. The summed E-state index contributed by atoms with van der Waals surface area (Å²) in [4.78, 5) is 12.9. The Morgan fingerprint density at radius 1 is 1.37 bits per heavy atom. The number of carbonyl (C=O) groups is 1. The summed E-state index contributed by atoms with van der Waals surface area (Å²) in [5.41, 5.74) is 0. The number of aliphatic hydroxyl groups excluding tert-OH is 1. The summed E-state index contributed by atoms with van der Waals surface area (Å²) < 4.78 is 0. The molecule has 0 saturated carbocycles.